The van der Waals surface area contributed by atoms with Crippen molar-refractivity contribution in [2.45, 2.75) is 6.42 Å². The number of ether oxygens (including phenoxy) is 5. The molecule has 0 radical (unpaired) electrons. The van der Waals surface area contributed by atoms with E-state index in [1.807, 2.05) is 24.3 Å². The van der Waals surface area contributed by atoms with E-state index in [-0.39, 0.29) is 6.79 Å². The van der Waals surface area contributed by atoms with Crippen molar-refractivity contribution >= 4 is 16.7 Å². The van der Waals surface area contributed by atoms with Crippen LogP contribution in [-0.4, -0.2) is 44.6 Å². The molecule has 2 aromatic carbocycles. The van der Waals surface area contributed by atoms with Crippen molar-refractivity contribution in [3.05, 3.63) is 36.2 Å². The molecule has 0 fully saturated rings. The van der Waals surface area contributed by atoms with E-state index < -0.39 is 0 Å². The van der Waals surface area contributed by atoms with Gasteiger partial charge in [-0.3, -0.25) is 0 Å². The predicted octanol–water partition coefficient (Wildman–Crippen LogP) is 3.04. The molecule has 3 aromatic rings. The van der Waals surface area contributed by atoms with Gasteiger partial charge in [0, 0.05) is 6.54 Å². The van der Waals surface area contributed by atoms with Gasteiger partial charge in [-0.05, 0) is 30.2 Å². The molecule has 1 N–H and O–H groups in total. The largest absolute Gasteiger partial charge is 0.493 e. The molecule has 2 heterocycles. The summed E-state index contributed by atoms with van der Waals surface area (Å²) in [6.45, 7) is 0.958. The van der Waals surface area contributed by atoms with Gasteiger partial charge >= 0.3 is 0 Å². The Kier molecular flexibility index (Phi) is 4.92. The van der Waals surface area contributed by atoms with Crippen LogP contribution in [0.4, 0.5) is 5.82 Å². The van der Waals surface area contributed by atoms with Gasteiger partial charge < -0.3 is 29.0 Å². The lowest BCUT2D eigenvalue weighted by Crippen LogP contribution is -2.08. The number of hydrogen-bond donors (Lipinski definition) is 1. The number of rotatable bonds is 7. The third-order valence-corrected chi connectivity index (χ3v) is 4.58. The SMILES string of the molecule is COc1cc2c(NCCc3ccc4c(c3)OCO4)ncnc2c(OC)c1OC. The molecule has 1 aliphatic heterocycles. The third-order valence-electron chi connectivity index (χ3n) is 4.58. The molecular formula is C20H21N3O5. The Morgan fingerprint density at radius 2 is 1.79 bits per heavy atom. The maximum atomic E-state index is 5.51. The van der Waals surface area contributed by atoms with E-state index in [9.17, 15) is 0 Å². The van der Waals surface area contributed by atoms with Crippen LogP contribution in [0.25, 0.3) is 10.9 Å². The van der Waals surface area contributed by atoms with E-state index in [1.165, 1.54) is 6.33 Å². The highest BCUT2D eigenvalue weighted by Crippen LogP contribution is 2.43. The standard InChI is InChI=1S/C20H21N3O5/c1-24-16-9-13-17(19(26-3)18(16)25-2)22-10-23-20(13)21-7-6-12-4-5-14-15(8-12)28-11-27-14/h4-5,8-10H,6-7,11H2,1-3H3,(H,21,22,23). The van der Waals surface area contributed by atoms with Gasteiger partial charge in [0.1, 0.15) is 17.7 Å². The van der Waals surface area contributed by atoms with Crippen LogP contribution in [0.2, 0.25) is 0 Å². The molecule has 28 heavy (non-hydrogen) atoms. The summed E-state index contributed by atoms with van der Waals surface area (Å²) in [5, 5.41) is 4.16. The van der Waals surface area contributed by atoms with Crippen molar-refractivity contribution in [3.8, 4) is 28.7 Å². The summed E-state index contributed by atoms with van der Waals surface area (Å²) in [4.78, 5) is 8.74. The lowest BCUT2D eigenvalue weighted by atomic mass is 10.1. The van der Waals surface area contributed by atoms with Crippen LogP contribution in [0.5, 0.6) is 28.7 Å². The van der Waals surface area contributed by atoms with Crippen molar-refractivity contribution in [1.82, 2.24) is 9.97 Å². The Bertz CT molecular complexity index is 1010. The van der Waals surface area contributed by atoms with Gasteiger partial charge in [0.2, 0.25) is 12.5 Å². The average molecular weight is 383 g/mol. The summed E-state index contributed by atoms with van der Waals surface area (Å²) in [6.07, 6.45) is 2.30. The van der Waals surface area contributed by atoms with E-state index in [2.05, 4.69) is 15.3 Å². The van der Waals surface area contributed by atoms with E-state index >= 15 is 0 Å². The highest BCUT2D eigenvalue weighted by atomic mass is 16.7. The zero-order valence-corrected chi connectivity index (χ0v) is 15.9. The van der Waals surface area contributed by atoms with E-state index in [0.29, 0.717) is 35.1 Å². The molecule has 0 saturated heterocycles. The monoisotopic (exact) mass is 383 g/mol. The topological polar surface area (TPSA) is 84.0 Å². The Labute approximate surface area is 162 Å². The normalized spacial score (nSPS) is 12.1. The van der Waals surface area contributed by atoms with Gasteiger partial charge in [-0.25, -0.2) is 9.97 Å². The number of nitrogens with zero attached hydrogens (tertiary/aromatic N) is 2. The number of benzene rings is 2. The van der Waals surface area contributed by atoms with E-state index in [1.54, 1.807) is 21.3 Å². The molecule has 0 amide bonds. The second kappa shape index (κ2) is 7.67. The van der Waals surface area contributed by atoms with Crippen molar-refractivity contribution in [3.63, 3.8) is 0 Å². The molecule has 1 aromatic heterocycles. The minimum absolute atomic E-state index is 0.275. The molecule has 0 saturated carbocycles. The van der Waals surface area contributed by atoms with Crippen molar-refractivity contribution in [2.75, 3.05) is 40.0 Å². The Hall–Kier alpha value is -3.42. The minimum atomic E-state index is 0.275. The van der Waals surface area contributed by atoms with Crippen LogP contribution in [0, 0.1) is 0 Å². The van der Waals surface area contributed by atoms with Crippen LogP contribution in [-0.2, 0) is 6.42 Å². The molecule has 146 valence electrons. The molecular weight excluding hydrogens is 362 g/mol. The first-order valence-corrected chi connectivity index (χ1v) is 8.81. The molecule has 0 aliphatic carbocycles. The van der Waals surface area contributed by atoms with Crippen LogP contribution < -0.4 is 29.0 Å². The highest BCUT2D eigenvalue weighted by Gasteiger charge is 2.19. The molecule has 8 nitrogen and oxygen atoms in total. The summed E-state index contributed by atoms with van der Waals surface area (Å²) in [6, 6.07) is 7.81. The first-order valence-electron chi connectivity index (χ1n) is 8.81. The quantitative estimate of drug-likeness (QED) is 0.667. The first kappa shape index (κ1) is 18.0. The fourth-order valence-electron chi connectivity index (χ4n) is 3.23. The van der Waals surface area contributed by atoms with Gasteiger partial charge in [0.25, 0.3) is 0 Å². The maximum absolute atomic E-state index is 5.51. The fourth-order valence-corrected chi connectivity index (χ4v) is 3.23. The third kappa shape index (κ3) is 3.17. The average Bonchev–Trinajstić information content (AvgIpc) is 3.20. The number of hydrogen-bond acceptors (Lipinski definition) is 8. The molecule has 0 atom stereocenters. The van der Waals surface area contributed by atoms with Gasteiger partial charge in [0.15, 0.2) is 23.0 Å². The summed E-state index contributed by atoms with van der Waals surface area (Å²) in [5.74, 6) is 3.84. The van der Waals surface area contributed by atoms with Crippen LogP contribution >= 0.6 is 0 Å². The second-order valence-corrected chi connectivity index (χ2v) is 6.13. The predicted molar refractivity (Wildman–Crippen MR) is 104 cm³/mol. The molecule has 8 heteroatoms. The van der Waals surface area contributed by atoms with Crippen molar-refractivity contribution in [1.29, 1.82) is 0 Å². The number of aromatic nitrogens is 2. The molecule has 0 unspecified atom stereocenters. The summed E-state index contributed by atoms with van der Waals surface area (Å²) < 4.78 is 27.2. The first-order chi connectivity index (χ1) is 13.7. The Morgan fingerprint density at radius 3 is 2.57 bits per heavy atom. The van der Waals surface area contributed by atoms with E-state index in [4.69, 9.17) is 23.7 Å². The van der Waals surface area contributed by atoms with Crippen LogP contribution in [0.3, 0.4) is 0 Å². The maximum Gasteiger partial charge on any atom is 0.231 e. The van der Waals surface area contributed by atoms with Crippen molar-refractivity contribution < 1.29 is 23.7 Å². The second-order valence-electron chi connectivity index (χ2n) is 6.13. The minimum Gasteiger partial charge on any atom is -0.493 e. The summed E-state index contributed by atoms with van der Waals surface area (Å²) in [7, 11) is 4.73. The molecule has 4 rings (SSSR count). The van der Waals surface area contributed by atoms with E-state index in [0.717, 1.165) is 28.9 Å². The smallest absolute Gasteiger partial charge is 0.231 e. The van der Waals surface area contributed by atoms with Crippen LogP contribution in [0.15, 0.2) is 30.6 Å². The number of anilines is 1. The zero-order chi connectivity index (χ0) is 19.5. The highest BCUT2D eigenvalue weighted by molar-refractivity contribution is 5.96. The lowest BCUT2D eigenvalue weighted by molar-refractivity contribution is 0.174. The Morgan fingerprint density at radius 1 is 0.964 bits per heavy atom. The van der Waals surface area contributed by atoms with Crippen molar-refractivity contribution in [2.24, 2.45) is 0 Å². The molecule has 0 spiro atoms. The molecule has 1 aliphatic rings. The molecule has 0 bridgehead atoms. The van der Waals surface area contributed by atoms with Gasteiger partial charge in [-0.15, -0.1) is 0 Å². The van der Waals surface area contributed by atoms with Gasteiger partial charge in [0.05, 0.1) is 26.7 Å². The summed E-state index contributed by atoms with van der Waals surface area (Å²) in [5.41, 5.74) is 1.80. The fraction of sp³-hybridized carbons (Fsp3) is 0.300. The van der Waals surface area contributed by atoms with Crippen LogP contribution in [0.1, 0.15) is 5.56 Å². The van der Waals surface area contributed by atoms with Gasteiger partial charge in [-0.1, -0.05) is 6.07 Å². The Balaban J connectivity index is 1.58. The number of nitrogens with one attached hydrogen (secondary N) is 1. The number of methoxy groups -OCH3 is 3. The lowest BCUT2D eigenvalue weighted by Gasteiger charge is -2.16. The summed E-state index contributed by atoms with van der Waals surface area (Å²) >= 11 is 0. The number of fused-ring (bicyclic) bond motifs is 2. The zero-order valence-electron chi connectivity index (χ0n) is 15.9. The van der Waals surface area contributed by atoms with Gasteiger partial charge in [-0.2, -0.15) is 0 Å².